The van der Waals surface area contributed by atoms with E-state index in [4.69, 9.17) is 4.74 Å². The molecule has 0 unspecified atom stereocenters. The Morgan fingerprint density at radius 3 is 2.37 bits per heavy atom. The van der Waals surface area contributed by atoms with Gasteiger partial charge in [-0.15, -0.1) is 0 Å². The first kappa shape index (κ1) is 19.6. The minimum Gasteiger partial charge on any atom is -0.465 e. The topological polar surface area (TPSA) is 125 Å². The summed E-state index contributed by atoms with van der Waals surface area (Å²) in [7, 11) is 1.12. The van der Waals surface area contributed by atoms with Crippen molar-refractivity contribution in [3.63, 3.8) is 0 Å². The number of esters is 2. The van der Waals surface area contributed by atoms with E-state index >= 15 is 0 Å². The highest BCUT2D eigenvalue weighted by Gasteiger charge is 2.20. The zero-order valence-corrected chi connectivity index (χ0v) is 14.6. The van der Waals surface area contributed by atoms with E-state index < -0.39 is 28.5 Å². The second-order valence-corrected chi connectivity index (χ2v) is 5.24. The molecule has 0 aliphatic heterocycles. The molecule has 0 heterocycles. The summed E-state index contributed by atoms with van der Waals surface area (Å²) in [6.07, 6.45) is 0. The summed E-state index contributed by atoms with van der Waals surface area (Å²) in [6, 6.07) is 9.37. The molecule has 0 aromatic heterocycles. The Bertz CT molecular complexity index is 908. The average Bonchev–Trinajstić information content (AvgIpc) is 2.67. The van der Waals surface area contributed by atoms with Crippen molar-refractivity contribution in [2.45, 2.75) is 6.92 Å². The molecule has 1 N–H and O–H groups in total. The predicted octanol–water partition coefficient (Wildman–Crippen LogP) is 2.81. The zero-order valence-electron chi connectivity index (χ0n) is 14.6. The molecule has 0 saturated carbocycles. The van der Waals surface area contributed by atoms with Crippen molar-refractivity contribution in [2.75, 3.05) is 19.0 Å². The standard InChI is InChI=1S/C18H16N2O7/c1-3-27-18(23)14-6-4-5-7-15(14)19-16(21)11-8-12(17(22)26-2)10-13(9-11)20(24)25/h4-10H,3H2,1-2H3,(H,19,21). The van der Waals surface area contributed by atoms with Gasteiger partial charge in [0.25, 0.3) is 11.6 Å². The Labute approximate surface area is 154 Å². The number of para-hydroxylation sites is 1. The van der Waals surface area contributed by atoms with E-state index in [1.807, 2.05) is 0 Å². The lowest BCUT2D eigenvalue weighted by Crippen LogP contribution is -2.17. The maximum atomic E-state index is 12.5. The monoisotopic (exact) mass is 372 g/mol. The lowest BCUT2D eigenvalue weighted by Gasteiger charge is -2.11. The van der Waals surface area contributed by atoms with Crippen LogP contribution in [0.5, 0.6) is 0 Å². The molecule has 9 nitrogen and oxygen atoms in total. The third-order valence-corrected chi connectivity index (χ3v) is 3.48. The molecule has 0 atom stereocenters. The van der Waals surface area contributed by atoms with E-state index in [9.17, 15) is 24.5 Å². The number of nitrogens with zero attached hydrogens (tertiary/aromatic N) is 1. The zero-order chi connectivity index (χ0) is 20.0. The van der Waals surface area contributed by atoms with Crippen LogP contribution in [0, 0.1) is 10.1 Å². The van der Waals surface area contributed by atoms with E-state index in [-0.39, 0.29) is 29.0 Å². The first-order valence-corrected chi connectivity index (χ1v) is 7.82. The maximum absolute atomic E-state index is 12.5. The number of non-ortho nitro benzene ring substituents is 1. The highest BCUT2D eigenvalue weighted by Crippen LogP contribution is 2.21. The molecular weight excluding hydrogens is 356 g/mol. The quantitative estimate of drug-likeness (QED) is 0.469. The van der Waals surface area contributed by atoms with Gasteiger partial charge in [0.2, 0.25) is 0 Å². The van der Waals surface area contributed by atoms with Crippen LogP contribution in [0.15, 0.2) is 42.5 Å². The van der Waals surface area contributed by atoms with Gasteiger partial charge in [-0.3, -0.25) is 14.9 Å². The number of ether oxygens (including phenoxy) is 2. The third kappa shape index (κ3) is 4.66. The molecule has 2 rings (SSSR count). The number of nitrogens with one attached hydrogen (secondary N) is 1. The minimum atomic E-state index is -0.820. The Morgan fingerprint density at radius 2 is 1.74 bits per heavy atom. The number of nitro groups is 1. The Balaban J connectivity index is 2.39. The van der Waals surface area contributed by atoms with Crippen LogP contribution >= 0.6 is 0 Å². The number of methoxy groups -OCH3 is 1. The Kier molecular flexibility index (Phi) is 6.21. The first-order valence-electron chi connectivity index (χ1n) is 7.82. The van der Waals surface area contributed by atoms with Crippen molar-refractivity contribution in [3.05, 3.63) is 69.3 Å². The smallest absolute Gasteiger partial charge is 0.340 e. The molecule has 140 valence electrons. The van der Waals surface area contributed by atoms with Crippen LogP contribution in [0.4, 0.5) is 11.4 Å². The van der Waals surface area contributed by atoms with Gasteiger partial charge in [-0.1, -0.05) is 12.1 Å². The number of carbonyl (C=O) groups excluding carboxylic acids is 3. The molecule has 27 heavy (non-hydrogen) atoms. The van der Waals surface area contributed by atoms with Gasteiger partial charge in [0.05, 0.1) is 35.5 Å². The fourth-order valence-electron chi connectivity index (χ4n) is 2.26. The van der Waals surface area contributed by atoms with Gasteiger partial charge >= 0.3 is 11.9 Å². The molecule has 0 bridgehead atoms. The number of benzene rings is 2. The van der Waals surface area contributed by atoms with Crippen molar-refractivity contribution in [3.8, 4) is 0 Å². The summed E-state index contributed by atoms with van der Waals surface area (Å²) in [6.45, 7) is 1.81. The molecule has 2 aromatic rings. The van der Waals surface area contributed by atoms with Crippen LogP contribution < -0.4 is 5.32 Å². The second kappa shape index (κ2) is 8.56. The molecule has 9 heteroatoms. The van der Waals surface area contributed by atoms with Crippen LogP contribution in [0.3, 0.4) is 0 Å². The predicted molar refractivity (Wildman–Crippen MR) is 94.8 cm³/mol. The van der Waals surface area contributed by atoms with Gasteiger partial charge in [0, 0.05) is 17.7 Å². The van der Waals surface area contributed by atoms with E-state index in [1.54, 1.807) is 19.1 Å². The normalized spacial score (nSPS) is 10.0. The van der Waals surface area contributed by atoms with Gasteiger partial charge < -0.3 is 14.8 Å². The van der Waals surface area contributed by atoms with Crippen molar-refractivity contribution in [1.29, 1.82) is 0 Å². The van der Waals surface area contributed by atoms with Gasteiger partial charge in [0.15, 0.2) is 0 Å². The highest BCUT2D eigenvalue weighted by atomic mass is 16.6. The van der Waals surface area contributed by atoms with Crippen molar-refractivity contribution in [1.82, 2.24) is 0 Å². The summed E-state index contributed by atoms with van der Waals surface area (Å²) < 4.78 is 9.48. The fourth-order valence-corrected chi connectivity index (χ4v) is 2.26. The molecule has 0 aliphatic rings. The molecular formula is C18H16N2O7. The van der Waals surface area contributed by atoms with Crippen molar-refractivity contribution < 1.29 is 28.8 Å². The summed E-state index contributed by atoms with van der Waals surface area (Å²) in [5.74, 6) is -2.18. The summed E-state index contributed by atoms with van der Waals surface area (Å²) in [5, 5.41) is 13.6. The number of nitro benzene ring substituents is 1. The highest BCUT2D eigenvalue weighted by molar-refractivity contribution is 6.09. The number of hydrogen-bond acceptors (Lipinski definition) is 7. The Hall–Kier alpha value is -3.75. The lowest BCUT2D eigenvalue weighted by atomic mass is 10.1. The van der Waals surface area contributed by atoms with Crippen LogP contribution in [0.25, 0.3) is 0 Å². The number of anilines is 1. The molecule has 0 spiro atoms. The van der Waals surface area contributed by atoms with Gasteiger partial charge in [-0.05, 0) is 25.1 Å². The van der Waals surface area contributed by atoms with E-state index in [1.165, 1.54) is 18.2 Å². The lowest BCUT2D eigenvalue weighted by molar-refractivity contribution is -0.384. The molecule has 0 saturated heterocycles. The number of carbonyl (C=O) groups is 3. The summed E-state index contributed by atoms with van der Waals surface area (Å²) in [5.41, 5.74) is -0.418. The average molecular weight is 372 g/mol. The van der Waals surface area contributed by atoms with Crippen LogP contribution in [-0.2, 0) is 9.47 Å². The van der Waals surface area contributed by atoms with Gasteiger partial charge in [-0.2, -0.15) is 0 Å². The number of hydrogen-bond donors (Lipinski definition) is 1. The third-order valence-electron chi connectivity index (χ3n) is 3.48. The first-order chi connectivity index (χ1) is 12.9. The summed E-state index contributed by atoms with van der Waals surface area (Å²) in [4.78, 5) is 46.6. The van der Waals surface area contributed by atoms with E-state index in [0.29, 0.717) is 0 Å². The molecule has 0 aliphatic carbocycles. The van der Waals surface area contributed by atoms with Crippen LogP contribution in [0.1, 0.15) is 38.0 Å². The van der Waals surface area contributed by atoms with E-state index in [0.717, 1.165) is 19.2 Å². The van der Waals surface area contributed by atoms with Crippen LogP contribution in [0.2, 0.25) is 0 Å². The van der Waals surface area contributed by atoms with Crippen LogP contribution in [-0.4, -0.2) is 36.5 Å². The maximum Gasteiger partial charge on any atom is 0.340 e. The minimum absolute atomic E-state index is 0.131. The molecule has 0 fully saturated rings. The molecule has 0 radical (unpaired) electrons. The SMILES string of the molecule is CCOC(=O)c1ccccc1NC(=O)c1cc(C(=O)OC)cc([N+](=O)[O-])c1. The Morgan fingerprint density at radius 1 is 1.07 bits per heavy atom. The van der Waals surface area contributed by atoms with Crippen molar-refractivity contribution in [2.24, 2.45) is 0 Å². The largest absolute Gasteiger partial charge is 0.465 e. The fraction of sp³-hybridized carbons (Fsp3) is 0.167. The van der Waals surface area contributed by atoms with Gasteiger partial charge in [-0.25, -0.2) is 9.59 Å². The number of rotatable bonds is 6. The second-order valence-electron chi connectivity index (χ2n) is 5.24. The molecule has 1 amide bonds. The summed E-state index contributed by atoms with van der Waals surface area (Å²) >= 11 is 0. The van der Waals surface area contributed by atoms with Crippen molar-refractivity contribution >= 4 is 29.2 Å². The van der Waals surface area contributed by atoms with E-state index in [2.05, 4.69) is 10.1 Å². The molecule has 2 aromatic carbocycles. The number of amides is 1. The van der Waals surface area contributed by atoms with Gasteiger partial charge in [0.1, 0.15) is 0 Å².